The Bertz CT molecular complexity index is 463. The van der Waals surface area contributed by atoms with Crippen LogP contribution in [0.1, 0.15) is 30.8 Å². The van der Waals surface area contributed by atoms with Crippen LogP contribution in [0, 0.1) is 5.92 Å². The Morgan fingerprint density at radius 2 is 2.14 bits per heavy atom. The smallest absolute Gasteiger partial charge is 0.287 e. The van der Waals surface area contributed by atoms with Gasteiger partial charge in [-0.2, -0.15) is 0 Å². The van der Waals surface area contributed by atoms with Gasteiger partial charge in [0.25, 0.3) is 5.91 Å². The lowest BCUT2D eigenvalue weighted by Gasteiger charge is -2.28. The number of carbonyl (C=O) groups excluding carboxylic acids is 2. The number of rotatable bonds is 4. The first-order chi connectivity index (χ1) is 10.1. The quantitative estimate of drug-likeness (QED) is 0.863. The average Bonchev–Trinajstić information content (AvgIpc) is 2.86. The number of amides is 2. The number of hydrogen-bond donors (Lipinski definition) is 2. The van der Waals surface area contributed by atoms with E-state index in [4.69, 9.17) is 4.42 Å². The van der Waals surface area contributed by atoms with Gasteiger partial charge in [0.15, 0.2) is 5.76 Å². The molecule has 1 aliphatic heterocycles. The molecule has 6 heteroatoms. The summed E-state index contributed by atoms with van der Waals surface area (Å²) in [5.74, 6) is -0.118. The Kier molecular flexibility index (Phi) is 5.38. The standard InChI is InChI=1S/C15H23N3O3/c1-11(2)13(17-14(19)12-5-3-10-21-12)15(20)18-8-4-6-16-7-9-18/h3,5,10-11,13,16H,4,6-9H2,1-2H3,(H,17,19). The van der Waals surface area contributed by atoms with Crippen LogP contribution in [0.5, 0.6) is 0 Å². The fourth-order valence-corrected chi connectivity index (χ4v) is 2.40. The van der Waals surface area contributed by atoms with Gasteiger partial charge in [-0.05, 0) is 31.0 Å². The highest BCUT2D eigenvalue weighted by molar-refractivity contribution is 5.95. The Hall–Kier alpha value is -1.82. The van der Waals surface area contributed by atoms with E-state index >= 15 is 0 Å². The van der Waals surface area contributed by atoms with Gasteiger partial charge < -0.3 is 20.0 Å². The van der Waals surface area contributed by atoms with Crippen LogP contribution >= 0.6 is 0 Å². The number of furan rings is 1. The van der Waals surface area contributed by atoms with Crippen molar-refractivity contribution in [2.24, 2.45) is 5.92 Å². The Labute approximate surface area is 124 Å². The second-order valence-corrected chi connectivity index (χ2v) is 5.60. The van der Waals surface area contributed by atoms with E-state index in [9.17, 15) is 9.59 Å². The van der Waals surface area contributed by atoms with Crippen molar-refractivity contribution in [2.45, 2.75) is 26.3 Å². The first kappa shape index (κ1) is 15.6. The zero-order valence-electron chi connectivity index (χ0n) is 12.6. The number of nitrogens with zero attached hydrogens (tertiary/aromatic N) is 1. The lowest BCUT2D eigenvalue weighted by molar-refractivity contribution is -0.134. The maximum absolute atomic E-state index is 12.7. The van der Waals surface area contributed by atoms with Crippen molar-refractivity contribution in [3.05, 3.63) is 24.2 Å². The van der Waals surface area contributed by atoms with Crippen LogP contribution in [0.4, 0.5) is 0 Å². The molecule has 21 heavy (non-hydrogen) atoms. The molecule has 2 amide bonds. The summed E-state index contributed by atoms with van der Waals surface area (Å²) in [5, 5.41) is 6.06. The van der Waals surface area contributed by atoms with Gasteiger partial charge >= 0.3 is 0 Å². The molecular formula is C15H23N3O3. The molecule has 0 bridgehead atoms. The highest BCUT2D eigenvalue weighted by Crippen LogP contribution is 2.10. The molecule has 2 N–H and O–H groups in total. The zero-order valence-corrected chi connectivity index (χ0v) is 12.6. The summed E-state index contributed by atoms with van der Waals surface area (Å²) in [6, 6.07) is 2.72. The van der Waals surface area contributed by atoms with E-state index in [0.29, 0.717) is 6.54 Å². The molecule has 1 aromatic rings. The maximum Gasteiger partial charge on any atom is 0.287 e. The molecule has 6 nitrogen and oxygen atoms in total. The number of carbonyl (C=O) groups is 2. The van der Waals surface area contributed by atoms with E-state index in [0.717, 1.165) is 26.1 Å². The fraction of sp³-hybridized carbons (Fsp3) is 0.600. The second-order valence-electron chi connectivity index (χ2n) is 5.60. The summed E-state index contributed by atoms with van der Waals surface area (Å²) in [6.45, 7) is 6.99. The van der Waals surface area contributed by atoms with Crippen LogP contribution in [0.15, 0.2) is 22.8 Å². The summed E-state index contributed by atoms with van der Waals surface area (Å²) >= 11 is 0. The molecule has 2 heterocycles. The summed E-state index contributed by atoms with van der Waals surface area (Å²) < 4.78 is 5.07. The molecule has 0 spiro atoms. The van der Waals surface area contributed by atoms with Crippen LogP contribution in [0.2, 0.25) is 0 Å². The van der Waals surface area contributed by atoms with Crippen molar-refractivity contribution in [3.63, 3.8) is 0 Å². The molecule has 1 unspecified atom stereocenters. The van der Waals surface area contributed by atoms with E-state index in [1.54, 1.807) is 12.1 Å². The third-order valence-electron chi connectivity index (χ3n) is 3.62. The Morgan fingerprint density at radius 1 is 1.33 bits per heavy atom. The topological polar surface area (TPSA) is 74.6 Å². The van der Waals surface area contributed by atoms with Crippen molar-refractivity contribution in [1.82, 2.24) is 15.5 Å². The van der Waals surface area contributed by atoms with Gasteiger partial charge in [0.1, 0.15) is 6.04 Å². The molecule has 0 saturated carbocycles. The summed E-state index contributed by atoms with van der Waals surface area (Å²) in [7, 11) is 0. The molecule has 1 aromatic heterocycles. The molecule has 2 rings (SSSR count). The SMILES string of the molecule is CC(C)C(NC(=O)c1ccco1)C(=O)N1CCCNCC1. The largest absolute Gasteiger partial charge is 0.459 e. The monoisotopic (exact) mass is 293 g/mol. The third kappa shape index (κ3) is 4.07. The lowest BCUT2D eigenvalue weighted by Crippen LogP contribution is -2.51. The fourth-order valence-electron chi connectivity index (χ4n) is 2.40. The Balaban J connectivity index is 2.03. The van der Waals surface area contributed by atoms with Gasteiger partial charge in [-0.25, -0.2) is 0 Å². The minimum atomic E-state index is -0.527. The van der Waals surface area contributed by atoms with Gasteiger partial charge in [-0.3, -0.25) is 9.59 Å². The molecule has 0 aliphatic carbocycles. The van der Waals surface area contributed by atoms with Gasteiger partial charge in [0.2, 0.25) is 5.91 Å². The van der Waals surface area contributed by atoms with Crippen LogP contribution in [0.25, 0.3) is 0 Å². The van der Waals surface area contributed by atoms with Crippen LogP contribution < -0.4 is 10.6 Å². The molecule has 1 fully saturated rings. The molecular weight excluding hydrogens is 270 g/mol. The van der Waals surface area contributed by atoms with Crippen molar-refractivity contribution < 1.29 is 14.0 Å². The van der Waals surface area contributed by atoms with E-state index in [1.165, 1.54) is 6.26 Å². The van der Waals surface area contributed by atoms with Gasteiger partial charge in [-0.1, -0.05) is 13.8 Å². The summed E-state index contributed by atoms with van der Waals surface area (Å²) in [4.78, 5) is 26.6. The summed E-state index contributed by atoms with van der Waals surface area (Å²) in [5.41, 5.74) is 0. The van der Waals surface area contributed by atoms with Crippen molar-refractivity contribution >= 4 is 11.8 Å². The maximum atomic E-state index is 12.7. The first-order valence-electron chi connectivity index (χ1n) is 7.43. The van der Waals surface area contributed by atoms with E-state index in [-0.39, 0.29) is 23.5 Å². The molecule has 0 radical (unpaired) electrons. The highest BCUT2D eigenvalue weighted by atomic mass is 16.3. The van der Waals surface area contributed by atoms with Crippen LogP contribution in [-0.4, -0.2) is 48.9 Å². The van der Waals surface area contributed by atoms with Gasteiger partial charge in [0, 0.05) is 19.6 Å². The lowest BCUT2D eigenvalue weighted by atomic mass is 10.0. The minimum Gasteiger partial charge on any atom is -0.459 e. The highest BCUT2D eigenvalue weighted by Gasteiger charge is 2.29. The first-order valence-corrected chi connectivity index (χ1v) is 7.43. The van der Waals surface area contributed by atoms with E-state index < -0.39 is 6.04 Å². The zero-order chi connectivity index (χ0) is 15.2. The van der Waals surface area contributed by atoms with E-state index in [1.807, 2.05) is 18.7 Å². The van der Waals surface area contributed by atoms with Gasteiger partial charge in [-0.15, -0.1) is 0 Å². The predicted octanol–water partition coefficient (Wildman–Crippen LogP) is 0.856. The molecule has 0 aromatic carbocycles. The number of nitrogens with one attached hydrogen (secondary N) is 2. The van der Waals surface area contributed by atoms with Gasteiger partial charge in [0.05, 0.1) is 6.26 Å². The normalized spacial score (nSPS) is 17.4. The molecule has 116 valence electrons. The minimum absolute atomic E-state index is 0.0198. The predicted molar refractivity (Wildman–Crippen MR) is 78.9 cm³/mol. The molecule has 1 aliphatic rings. The summed E-state index contributed by atoms with van der Waals surface area (Å²) in [6.07, 6.45) is 2.38. The second kappa shape index (κ2) is 7.26. The van der Waals surface area contributed by atoms with E-state index in [2.05, 4.69) is 10.6 Å². The Morgan fingerprint density at radius 3 is 2.81 bits per heavy atom. The molecule has 1 saturated heterocycles. The van der Waals surface area contributed by atoms with Crippen molar-refractivity contribution in [1.29, 1.82) is 0 Å². The molecule has 1 atom stereocenters. The van der Waals surface area contributed by atoms with Crippen LogP contribution in [-0.2, 0) is 4.79 Å². The van der Waals surface area contributed by atoms with Crippen molar-refractivity contribution in [2.75, 3.05) is 26.2 Å². The third-order valence-corrected chi connectivity index (χ3v) is 3.62. The van der Waals surface area contributed by atoms with Crippen molar-refractivity contribution in [3.8, 4) is 0 Å². The number of hydrogen-bond acceptors (Lipinski definition) is 4. The average molecular weight is 293 g/mol. The van der Waals surface area contributed by atoms with Crippen LogP contribution in [0.3, 0.4) is 0 Å².